The highest BCUT2D eigenvalue weighted by Gasteiger charge is 2.22. The molecule has 154 valence electrons. The maximum absolute atomic E-state index is 12.3. The first kappa shape index (κ1) is 21.9. The summed E-state index contributed by atoms with van der Waals surface area (Å²) in [4.78, 5) is 37.9. The molecule has 0 saturated heterocycles. The van der Waals surface area contributed by atoms with Crippen molar-refractivity contribution in [3.05, 3.63) is 60.2 Å². The van der Waals surface area contributed by atoms with Crippen molar-refractivity contribution >= 4 is 23.5 Å². The summed E-state index contributed by atoms with van der Waals surface area (Å²) in [6.45, 7) is 1.31. The highest BCUT2D eigenvalue weighted by atomic mass is 16.5. The first-order chi connectivity index (χ1) is 13.9. The van der Waals surface area contributed by atoms with Crippen LogP contribution in [0.1, 0.15) is 24.8 Å². The Morgan fingerprint density at radius 3 is 2.45 bits per heavy atom. The Hall–Kier alpha value is -3.35. The van der Waals surface area contributed by atoms with Crippen molar-refractivity contribution < 1.29 is 23.9 Å². The number of ether oxygens (including phenoxy) is 2. The molecule has 0 saturated carbocycles. The smallest absolute Gasteiger partial charge is 0.313 e. The van der Waals surface area contributed by atoms with Crippen molar-refractivity contribution in [3.63, 3.8) is 0 Å². The minimum Gasteiger partial charge on any atom is -0.497 e. The van der Waals surface area contributed by atoms with Gasteiger partial charge in [-0.3, -0.25) is 14.4 Å². The van der Waals surface area contributed by atoms with E-state index in [-0.39, 0.29) is 12.5 Å². The van der Waals surface area contributed by atoms with Gasteiger partial charge in [-0.2, -0.15) is 0 Å². The Balaban J connectivity index is 1.83. The molecular formula is C22H26N2O5. The van der Waals surface area contributed by atoms with Crippen LogP contribution in [0.2, 0.25) is 0 Å². The van der Waals surface area contributed by atoms with E-state index in [1.54, 1.807) is 24.3 Å². The molecule has 2 aromatic rings. The van der Waals surface area contributed by atoms with Gasteiger partial charge in [0, 0.05) is 18.8 Å². The van der Waals surface area contributed by atoms with E-state index in [4.69, 9.17) is 9.47 Å². The predicted molar refractivity (Wildman–Crippen MR) is 110 cm³/mol. The number of nitrogens with one attached hydrogen (secondary N) is 1. The molecule has 2 amide bonds. The third kappa shape index (κ3) is 6.64. The number of esters is 1. The average molecular weight is 398 g/mol. The number of anilines is 1. The van der Waals surface area contributed by atoms with Crippen LogP contribution in [0.25, 0.3) is 0 Å². The van der Waals surface area contributed by atoms with Crippen LogP contribution in [0.5, 0.6) is 5.75 Å². The summed E-state index contributed by atoms with van der Waals surface area (Å²) in [5, 5.41) is 2.70. The number of benzene rings is 2. The largest absolute Gasteiger partial charge is 0.497 e. The van der Waals surface area contributed by atoms with Crippen LogP contribution in [0.4, 0.5) is 5.69 Å². The van der Waals surface area contributed by atoms with E-state index in [9.17, 15) is 14.4 Å². The fourth-order valence-corrected chi connectivity index (χ4v) is 2.77. The van der Waals surface area contributed by atoms with Gasteiger partial charge >= 0.3 is 5.97 Å². The first-order valence-electron chi connectivity index (χ1n) is 9.34. The van der Waals surface area contributed by atoms with Gasteiger partial charge in [0.15, 0.2) is 6.61 Å². The maximum atomic E-state index is 12.3. The van der Waals surface area contributed by atoms with Gasteiger partial charge < -0.3 is 19.7 Å². The Morgan fingerprint density at radius 2 is 1.79 bits per heavy atom. The molecule has 0 bridgehead atoms. The number of carbonyl (C=O) groups excluding carboxylic acids is 3. The summed E-state index contributed by atoms with van der Waals surface area (Å²) in [7, 11) is 3.02. The molecule has 0 aliphatic heterocycles. The normalized spacial score (nSPS) is 11.3. The van der Waals surface area contributed by atoms with E-state index < -0.39 is 24.4 Å². The van der Waals surface area contributed by atoms with Crippen molar-refractivity contribution in [2.45, 2.75) is 19.3 Å². The minimum absolute atomic E-state index is 0.163. The number of likely N-dealkylation sites (N-methyl/N-ethyl adjacent to an activating group) is 1. The van der Waals surface area contributed by atoms with Gasteiger partial charge in [0.25, 0.3) is 5.91 Å². The Labute approximate surface area is 170 Å². The molecule has 0 heterocycles. The third-order valence-corrected chi connectivity index (χ3v) is 4.39. The zero-order chi connectivity index (χ0) is 21.2. The standard InChI is InChI=1S/C22H26N2O5/c1-4-19(16-9-6-5-7-10-16)22(27)29-15-21(26)24(2)14-20(25)23-17-11-8-12-18(13-17)28-3/h5-13,19H,4,14-15H2,1-3H3,(H,23,25)/t19-/m1/s1. The zero-order valence-electron chi connectivity index (χ0n) is 16.9. The monoisotopic (exact) mass is 398 g/mol. The number of methoxy groups -OCH3 is 1. The molecule has 29 heavy (non-hydrogen) atoms. The second-order valence-electron chi connectivity index (χ2n) is 6.51. The van der Waals surface area contributed by atoms with Crippen LogP contribution in [-0.2, 0) is 19.1 Å². The summed E-state index contributed by atoms with van der Waals surface area (Å²) < 4.78 is 10.3. The van der Waals surface area contributed by atoms with Crippen LogP contribution >= 0.6 is 0 Å². The van der Waals surface area contributed by atoms with Gasteiger partial charge in [-0.05, 0) is 24.1 Å². The third-order valence-electron chi connectivity index (χ3n) is 4.39. The minimum atomic E-state index is -0.457. The number of rotatable bonds is 9. The van der Waals surface area contributed by atoms with Crippen LogP contribution in [-0.4, -0.2) is 50.0 Å². The Kier molecular flexibility index (Phi) is 8.21. The molecule has 2 rings (SSSR count). The van der Waals surface area contributed by atoms with Gasteiger partial charge in [-0.1, -0.05) is 43.3 Å². The van der Waals surface area contributed by atoms with Crippen LogP contribution in [0.15, 0.2) is 54.6 Å². The molecule has 7 nitrogen and oxygen atoms in total. The van der Waals surface area contributed by atoms with E-state index in [0.29, 0.717) is 17.9 Å². The quantitative estimate of drug-likeness (QED) is 0.657. The molecule has 2 aromatic carbocycles. The van der Waals surface area contributed by atoms with Crippen molar-refractivity contribution in [3.8, 4) is 5.75 Å². The van der Waals surface area contributed by atoms with Crippen molar-refractivity contribution in [2.24, 2.45) is 0 Å². The maximum Gasteiger partial charge on any atom is 0.313 e. The molecule has 0 radical (unpaired) electrons. The lowest BCUT2D eigenvalue weighted by molar-refractivity contribution is -0.153. The van der Waals surface area contributed by atoms with Gasteiger partial charge in [-0.15, -0.1) is 0 Å². The predicted octanol–water partition coefficient (Wildman–Crippen LogP) is 2.83. The lowest BCUT2D eigenvalue weighted by atomic mass is 9.97. The molecule has 0 aliphatic rings. The van der Waals surface area contributed by atoms with Crippen molar-refractivity contribution in [1.29, 1.82) is 0 Å². The molecular weight excluding hydrogens is 372 g/mol. The number of amides is 2. The molecule has 7 heteroatoms. The topological polar surface area (TPSA) is 84.9 Å². The first-order valence-corrected chi connectivity index (χ1v) is 9.34. The number of nitrogens with zero attached hydrogens (tertiary/aromatic N) is 1. The molecule has 1 atom stereocenters. The summed E-state index contributed by atoms with van der Waals surface area (Å²) in [5.41, 5.74) is 1.41. The van der Waals surface area contributed by atoms with Crippen LogP contribution in [0, 0.1) is 0 Å². The summed E-state index contributed by atoms with van der Waals surface area (Å²) in [5.74, 6) is -1.09. The zero-order valence-corrected chi connectivity index (χ0v) is 16.9. The fraction of sp³-hybridized carbons (Fsp3) is 0.318. The van der Waals surface area contributed by atoms with Crippen LogP contribution in [0.3, 0.4) is 0 Å². The lowest BCUT2D eigenvalue weighted by Crippen LogP contribution is -2.37. The second kappa shape index (κ2) is 10.8. The number of hydrogen-bond donors (Lipinski definition) is 1. The highest BCUT2D eigenvalue weighted by Crippen LogP contribution is 2.20. The summed E-state index contributed by atoms with van der Waals surface area (Å²) in [6, 6.07) is 16.2. The Bertz CT molecular complexity index is 838. The van der Waals surface area contributed by atoms with E-state index in [1.165, 1.54) is 19.1 Å². The molecule has 0 unspecified atom stereocenters. The lowest BCUT2D eigenvalue weighted by Gasteiger charge is -2.18. The van der Waals surface area contributed by atoms with Gasteiger partial charge in [0.2, 0.25) is 5.91 Å². The van der Waals surface area contributed by atoms with Crippen molar-refractivity contribution in [2.75, 3.05) is 32.6 Å². The molecule has 1 N–H and O–H groups in total. The molecule has 0 spiro atoms. The summed E-state index contributed by atoms with van der Waals surface area (Å²) in [6.07, 6.45) is 0.565. The van der Waals surface area contributed by atoms with E-state index in [2.05, 4.69) is 5.32 Å². The van der Waals surface area contributed by atoms with E-state index in [1.807, 2.05) is 37.3 Å². The molecule has 0 aromatic heterocycles. The SMILES string of the molecule is CC[C@@H](C(=O)OCC(=O)N(C)CC(=O)Nc1cccc(OC)c1)c1ccccc1. The molecule has 0 fully saturated rings. The number of carbonyl (C=O) groups is 3. The van der Waals surface area contributed by atoms with E-state index in [0.717, 1.165) is 5.56 Å². The van der Waals surface area contributed by atoms with E-state index >= 15 is 0 Å². The Morgan fingerprint density at radius 1 is 1.07 bits per heavy atom. The van der Waals surface area contributed by atoms with Gasteiger partial charge in [-0.25, -0.2) is 0 Å². The highest BCUT2D eigenvalue weighted by molar-refractivity contribution is 5.95. The number of hydrogen-bond acceptors (Lipinski definition) is 5. The van der Waals surface area contributed by atoms with Crippen molar-refractivity contribution in [1.82, 2.24) is 4.90 Å². The van der Waals surface area contributed by atoms with Gasteiger partial charge in [0.05, 0.1) is 19.6 Å². The van der Waals surface area contributed by atoms with Crippen LogP contribution < -0.4 is 10.1 Å². The fourth-order valence-electron chi connectivity index (χ4n) is 2.77. The molecule has 0 aliphatic carbocycles. The summed E-state index contributed by atoms with van der Waals surface area (Å²) >= 11 is 0. The average Bonchev–Trinajstić information content (AvgIpc) is 2.73. The second-order valence-corrected chi connectivity index (χ2v) is 6.51. The van der Waals surface area contributed by atoms with Gasteiger partial charge in [0.1, 0.15) is 5.75 Å².